The van der Waals surface area contributed by atoms with Crippen LogP contribution in [0.4, 0.5) is 5.82 Å². The molecule has 0 aliphatic heterocycles. The zero-order valence-corrected chi connectivity index (χ0v) is 19.2. The van der Waals surface area contributed by atoms with Crippen LogP contribution in [0.2, 0.25) is 5.15 Å². The number of benzene rings is 1. The van der Waals surface area contributed by atoms with Crippen LogP contribution in [-0.4, -0.2) is 30.5 Å². The van der Waals surface area contributed by atoms with Gasteiger partial charge in [0.15, 0.2) is 11.4 Å². The molecule has 6 rings (SSSR count). The fourth-order valence-corrected chi connectivity index (χ4v) is 5.29. The predicted molar refractivity (Wildman–Crippen MR) is 132 cm³/mol. The number of carbonyl (C=O) groups is 1. The molecule has 4 aromatic heterocycles. The Labute approximate surface area is 198 Å². The fraction of sp³-hybridized carbons (Fsp3) is 0.200. The first-order chi connectivity index (χ1) is 16.4. The van der Waals surface area contributed by atoms with Gasteiger partial charge in [-0.3, -0.25) is 14.7 Å². The zero-order chi connectivity index (χ0) is 23.6. The molecule has 5 aromatic rings. The number of ketones is 1. The number of nitrogens with two attached hydrogens (primary N) is 1. The average molecular weight is 473 g/mol. The Balaban J connectivity index is 1.67. The number of aromatic amines is 2. The molecule has 0 amide bonds. The quantitative estimate of drug-likeness (QED) is 0.266. The standard InChI is InChI=1S/C25H21ClN6O2/c1-12(33)21-20(16-6-3-7-28-25(16)34)17-8-13-4-2-5-14(13)10-19(17)32(21)11-15-9-18-23(27)30-31-24(18)29-22(15)26/h3,6-10H,2,4-5,11H2,1H3,(H,28,34)(H3,27,29,30,31). The second-order valence-electron chi connectivity index (χ2n) is 8.72. The van der Waals surface area contributed by atoms with Crippen molar-refractivity contribution in [1.82, 2.24) is 24.7 Å². The summed E-state index contributed by atoms with van der Waals surface area (Å²) in [6.45, 7) is 1.82. The molecular formula is C25H21ClN6O2. The molecule has 4 heterocycles. The minimum absolute atomic E-state index is 0.136. The Morgan fingerprint density at radius 1 is 1.21 bits per heavy atom. The van der Waals surface area contributed by atoms with E-state index in [0.717, 1.165) is 30.2 Å². The third-order valence-electron chi connectivity index (χ3n) is 6.63. The van der Waals surface area contributed by atoms with Gasteiger partial charge in [-0.25, -0.2) is 4.98 Å². The lowest BCUT2D eigenvalue weighted by molar-refractivity contribution is 0.101. The van der Waals surface area contributed by atoms with Crippen LogP contribution < -0.4 is 11.3 Å². The number of aryl methyl sites for hydroxylation is 2. The van der Waals surface area contributed by atoms with E-state index < -0.39 is 0 Å². The van der Waals surface area contributed by atoms with Crippen molar-refractivity contribution in [2.45, 2.75) is 32.7 Å². The van der Waals surface area contributed by atoms with Crippen LogP contribution in [-0.2, 0) is 19.4 Å². The summed E-state index contributed by atoms with van der Waals surface area (Å²) >= 11 is 6.53. The van der Waals surface area contributed by atoms with Crippen molar-refractivity contribution in [2.24, 2.45) is 0 Å². The molecule has 0 unspecified atom stereocenters. The van der Waals surface area contributed by atoms with E-state index in [1.165, 1.54) is 18.1 Å². The molecule has 34 heavy (non-hydrogen) atoms. The Kier molecular flexibility index (Phi) is 4.60. The Morgan fingerprint density at radius 2 is 2.00 bits per heavy atom. The summed E-state index contributed by atoms with van der Waals surface area (Å²) in [7, 11) is 0. The van der Waals surface area contributed by atoms with E-state index in [2.05, 4.69) is 32.3 Å². The SMILES string of the molecule is CC(=O)c1c(-c2ccc[nH]c2=O)c2cc3c(cc2n1Cc1cc2c(N)[nH]nc2nc1Cl)CCC3. The molecule has 1 aliphatic carbocycles. The number of hydrogen-bond acceptors (Lipinski definition) is 5. The number of nitrogen functional groups attached to an aromatic ring is 1. The van der Waals surface area contributed by atoms with Crippen LogP contribution in [0.5, 0.6) is 0 Å². The van der Waals surface area contributed by atoms with Gasteiger partial charge >= 0.3 is 0 Å². The summed E-state index contributed by atoms with van der Waals surface area (Å²) in [5.74, 6) is 0.265. The molecule has 0 saturated heterocycles. The summed E-state index contributed by atoms with van der Waals surface area (Å²) in [5, 5.41) is 8.63. The van der Waals surface area contributed by atoms with E-state index in [4.69, 9.17) is 17.3 Å². The normalized spacial score (nSPS) is 13.1. The maximum Gasteiger partial charge on any atom is 0.255 e. The third kappa shape index (κ3) is 3.06. The monoisotopic (exact) mass is 472 g/mol. The van der Waals surface area contributed by atoms with Gasteiger partial charge in [-0.1, -0.05) is 11.6 Å². The number of H-pyrrole nitrogens is 2. The molecule has 0 radical (unpaired) electrons. The van der Waals surface area contributed by atoms with E-state index in [-0.39, 0.29) is 16.5 Å². The van der Waals surface area contributed by atoms with Crippen molar-refractivity contribution >= 4 is 45.1 Å². The van der Waals surface area contributed by atoms with Crippen molar-refractivity contribution in [3.63, 3.8) is 0 Å². The Morgan fingerprint density at radius 3 is 2.76 bits per heavy atom. The van der Waals surface area contributed by atoms with Gasteiger partial charge in [0.05, 0.1) is 17.6 Å². The molecule has 8 nitrogen and oxygen atoms in total. The Hall–Kier alpha value is -3.91. The summed E-state index contributed by atoms with van der Waals surface area (Å²) in [6, 6.07) is 9.66. The van der Waals surface area contributed by atoms with Crippen LogP contribution in [0.3, 0.4) is 0 Å². The number of Topliss-reactive ketones (excluding diaryl/α,β-unsaturated/α-hetero) is 1. The summed E-state index contributed by atoms with van der Waals surface area (Å²) < 4.78 is 1.95. The molecule has 9 heteroatoms. The van der Waals surface area contributed by atoms with Crippen molar-refractivity contribution in [3.8, 4) is 11.1 Å². The lowest BCUT2D eigenvalue weighted by Crippen LogP contribution is -2.12. The molecule has 1 aliphatic rings. The third-order valence-corrected chi connectivity index (χ3v) is 6.95. The van der Waals surface area contributed by atoms with Crippen molar-refractivity contribution in [1.29, 1.82) is 0 Å². The first-order valence-electron chi connectivity index (χ1n) is 11.1. The minimum atomic E-state index is -0.239. The fourth-order valence-electron chi connectivity index (χ4n) is 5.10. The number of fused-ring (bicyclic) bond motifs is 3. The largest absolute Gasteiger partial charge is 0.384 e. The average Bonchev–Trinajstić information content (AvgIpc) is 3.49. The van der Waals surface area contributed by atoms with Gasteiger partial charge in [-0.15, -0.1) is 0 Å². The number of anilines is 1. The number of nitrogens with one attached hydrogen (secondary N) is 2. The second-order valence-corrected chi connectivity index (χ2v) is 9.08. The number of carbonyl (C=O) groups excluding carboxylic acids is 1. The predicted octanol–water partition coefficient (Wildman–Crippen LogP) is 4.24. The molecular weight excluding hydrogens is 452 g/mol. The van der Waals surface area contributed by atoms with Gasteiger partial charge < -0.3 is 15.3 Å². The highest BCUT2D eigenvalue weighted by atomic mass is 35.5. The topological polar surface area (TPSA) is 122 Å². The van der Waals surface area contributed by atoms with Crippen molar-refractivity contribution in [3.05, 3.63) is 74.4 Å². The van der Waals surface area contributed by atoms with Crippen LogP contribution in [0.1, 0.15) is 40.5 Å². The summed E-state index contributed by atoms with van der Waals surface area (Å²) in [4.78, 5) is 33.0. The van der Waals surface area contributed by atoms with Crippen LogP contribution in [0, 0.1) is 0 Å². The molecule has 170 valence electrons. The van der Waals surface area contributed by atoms with E-state index in [9.17, 15) is 9.59 Å². The van der Waals surface area contributed by atoms with Crippen LogP contribution >= 0.6 is 11.6 Å². The highest BCUT2D eigenvalue weighted by Crippen LogP contribution is 2.38. The number of nitrogens with zero attached hydrogens (tertiary/aromatic N) is 3. The molecule has 0 spiro atoms. The van der Waals surface area contributed by atoms with E-state index >= 15 is 0 Å². The number of rotatable bonds is 4. The second kappa shape index (κ2) is 7.56. The van der Waals surface area contributed by atoms with Gasteiger partial charge in [-0.2, -0.15) is 5.10 Å². The van der Waals surface area contributed by atoms with Crippen LogP contribution in [0.15, 0.2) is 41.3 Å². The molecule has 1 aromatic carbocycles. The molecule has 0 saturated carbocycles. The van der Waals surface area contributed by atoms with Crippen molar-refractivity contribution < 1.29 is 4.79 Å². The molecule has 4 N–H and O–H groups in total. The lowest BCUT2D eigenvalue weighted by Gasteiger charge is -2.12. The highest BCUT2D eigenvalue weighted by Gasteiger charge is 2.26. The first kappa shape index (κ1) is 20.7. The van der Waals surface area contributed by atoms with E-state index in [1.54, 1.807) is 18.3 Å². The smallest absolute Gasteiger partial charge is 0.255 e. The first-order valence-corrected chi connectivity index (χ1v) is 11.5. The summed E-state index contributed by atoms with van der Waals surface area (Å²) in [6.07, 6.45) is 4.66. The maximum absolute atomic E-state index is 13.1. The highest BCUT2D eigenvalue weighted by molar-refractivity contribution is 6.30. The number of pyridine rings is 2. The molecule has 0 fully saturated rings. The number of hydrogen-bond donors (Lipinski definition) is 3. The van der Waals surface area contributed by atoms with Crippen molar-refractivity contribution in [2.75, 3.05) is 5.73 Å². The van der Waals surface area contributed by atoms with E-state index in [0.29, 0.717) is 45.8 Å². The summed E-state index contributed by atoms with van der Waals surface area (Å²) in [5.41, 5.74) is 11.9. The number of aromatic nitrogens is 5. The van der Waals surface area contributed by atoms with E-state index in [1.807, 2.05) is 10.6 Å². The van der Waals surface area contributed by atoms with Gasteiger partial charge in [0.25, 0.3) is 5.56 Å². The van der Waals surface area contributed by atoms with Gasteiger partial charge in [0.2, 0.25) is 0 Å². The molecule has 0 bridgehead atoms. The minimum Gasteiger partial charge on any atom is -0.384 e. The number of halogens is 1. The Bertz CT molecular complexity index is 1690. The van der Waals surface area contributed by atoms with Gasteiger partial charge in [-0.05, 0) is 60.7 Å². The molecule has 0 atom stereocenters. The zero-order valence-electron chi connectivity index (χ0n) is 18.4. The maximum atomic E-state index is 13.1. The lowest BCUT2D eigenvalue weighted by atomic mass is 9.99. The van der Waals surface area contributed by atoms with Gasteiger partial charge in [0.1, 0.15) is 11.0 Å². The van der Waals surface area contributed by atoms with Gasteiger partial charge in [0, 0.05) is 40.7 Å². The van der Waals surface area contributed by atoms with Crippen LogP contribution in [0.25, 0.3) is 33.1 Å².